The number of aromatic amines is 2. The maximum atomic E-state index is 5.83. The highest BCUT2D eigenvalue weighted by Crippen LogP contribution is 2.52. The molecule has 2 N–H and O–H groups in total. The number of nitrogens with one attached hydrogen (secondary N) is 2. The van der Waals surface area contributed by atoms with Crippen molar-refractivity contribution in [2.24, 2.45) is 0 Å². The number of thioether (sulfide) groups is 4. The number of H-pyrrole nitrogens is 2. The number of hydrogen-bond donors (Lipinski definition) is 2. The van der Waals surface area contributed by atoms with Crippen molar-refractivity contribution in [1.29, 1.82) is 0 Å². The minimum atomic E-state index is 0.985. The van der Waals surface area contributed by atoms with Crippen molar-refractivity contribution in [2.45, 2.75) is 19.6 Å². The van der Waals surface area contributed by atoms with Gasteiger partial charge in [0.2, 0.25) is 0 Å². The lowest BCUT2D eigenvalue weighted by molar-refractivity contribution is 1.27. The lowest BCUT2D eigenvalue weighted by Gasteiger charge is -2.08. The van der Waals surface area contributed by atoms with Crippen molar-refractivity contribution < 1.29 is 0 Å². The molecule has 0 atom stereocenters. The molecule has 11 aromatic rings. The summed E-state index contributed by atoms with van der Waals surface area (Å²) in [5.74, 6) is 0. The van der Waals surface area contributed by atoms with E-state index in [1.165, 1.54) is 64.6 Å². The molecule has 4 nitrogen and oxygen atoms in total. The van der Waals surface area contributed by atoms with Crippen molar-refractivity contribution in [3.8, 4) is 45.0 Å². The van der Waals surface area contributed by atoms with Gasteiger partial charge in [-0.1, -0.05) is 97.1 Å². The number of rotatable bonds is 4. The quantitative estimate of drug-likeness (QED) is 0.172. The molecule has 0 fully saturated rings. The normalized spacial score (nSPS) is 12.3. The van der Waals surface area contributed by atoms with Crippen LogP contribution in [0, 0.1) is 0 Å². The molecule has 5 heterocycles. The first-order chi connectivity index (χ1) is 31.5. The zero-order chi connectivity index (χ0) is 42.8. The molecule has 0 aliphatic carbocycles. The fourth-order valence-electron chi connectivity index (χ4n) is 10.2. The average Bonchev–Trinajstić information content (AvgIpc) is 4.09. The Morgan fingerprint density at radius 3 is 0.703 bits per heavy atom. The predicted molar refractivity (Wildman–Crippen MR) is 282 cm³/mol. The Bertz CT molecular complexity index is 3520. The van der Waals surface area contributed by atoms with E-state index in [2.05, 4.69) is 181 Å². The summed E-state index contributed by atoms with van der Waals surface area (Å²) in [6.07, 6.45) is 8.78. The zero-order valence-corrected chi connectivity index (χ0v) is 38.6. The molecular weight excluding hydrogens is 857 g/mol. The molecule has 0 saturated heterocycles. The van der Waals surface area contributed by atoms with Gasteiger partial charge in [-0.2, -0.15) is 0 Å². The Balaban J connectivity index is 1.34. The van der Waals surface area contributed by atoms with Crippen LogP contribution in [0.3, 0.4) is 0 Å². The second-order valence-corrected chi connectivity index (χ2v) is 19.7. The minimum absolute atomic E-state index is 0.985. The molecule has 8 heteroatoms. The Kier molecular flexibility index (Phi) is 8.79. The van der Waals surface area contributed by atoms with Gasteiger partial charge in [-0.3, -0.25) is 0 Å². The number of fused-ring (bicyclic) bond motifs is 24. The van der Waals surface area contributed by atoms with E-state index < -0.39 is 0 Å². The van der Waals surface area contributed by atoms with Crippen LogP contribution in [0.4, 0.5) is 0 Å². The summed E-state index contributed by atoms with van der Waals surface area (Å²) in [5, 5.41) is 14.3. The van der Waals surface area contributed by atoms with Gasteiger partial charge in [0.25, 0.3) is 0 Å². The predicted octanol–water partition coefficient (Wildman–Crippen LogP) is 16.8. The van der Waals surface area contributed by atoms with Gasteiger partial charge in [0.1, 0.15) is 0 Å². The van der Waals surface area contributed by atoms with E-state index in [-0.39, 0.29) is 0 Å². The van der Waals surface area contributed by atoms with E-state index in [9.17, 15) is 0 Å². The fraction of sp³-hybridized carbons (Fsp3) is 0.0714. The molecule has 306 valence electrons. The molecule has 8 bridgehead atoms. The zero-order valence-electron chi connectivity index (χ0n) is 35.4. The maximum Gasteiger partial charge on any atom is 0.0874 e. The molecule has 0 saturated carbocycles. The highest BCUT2D eigenvalue weighted by Gasteiger charge is 2.29. The monoisotopic (exact) mass is 894 g/mol. The van der Waals surface area contributed by atoms with Gasteiger partial charge in [-0.25, -0.2) is 9.97 Å². The van der Waals surface area contributed by atoms with E-state index in [1.54, 1.807) is 47.0 Å². The minimum Gasteiger partial charge on any atom is -0.353 e. The number of hydrogen-bond acceptors (Lipinski definition) is 6. The Labute approximate surface area is 386 Å². The largest absolute Gasteiger partial charge is 0.353 e. The summed E-state index contributed by atoms with van der Waals surface area (Å²) in [5.41, 5.74) is 12.8. The van der Waals surface area contributed by atoms with Gasteiger partial charge >= 0.3 is 0 Å². The molecule has 64 heavy (non-hydrogen) atoms. The third kappa shape index (κ3) is 5.56. The van der Waals surface area contributed by atoms with Crippen molar-refractivity contribution in [2.75, 3.05) is 25.0 Å². The van der Waals surface area contributed by atoms with E-state index in [0.717, 1.165) is 86.7 Å². The smallest absolute Gasteiger partial charge is 0.0874 e. The number of nitrogens with zero attached hydrogens (tertiary/aromatic N) is 2. The summed E-state index contributed by atoms with van der Waals surface area (Å²) in [4.78, 5) is 24.3. The van der Waals surface area contributed by atoms with E-state index in [0.29, 0.717) is 0 Å². The standard InChI is InChI=1S/C56H38N4S4/c1-61-53-45-37-21-29-13-5-7-15-31(29)23-39(37)47(57-45)54(62-2)49-41-25-33-17-9-11-19-35(33)27-43(41)51(59-49)56(64-4)52-44-28-36-20-12-10-18-34(36)26-42(44)50(60-52)55(63-3)48-40-24-32-16-8-6-14-30(32)22-38(40)46(53)58-48/h5-28,57,60H,1-4H3. The lowest BCUT2D eigenvalue weighted by Crippen LogP contribution is -1.84. The van der Waals surface area contributed by atoms with Crippen molar-refractivity contribution in [1.82, 2.24) is 19.9 Å². The number of aromatic nitrogens is 4. The highest BCUT2D eigenvalue weighted by atomic mass is 32.2. The summed E-state index contributed by atoms with van der Waals surface area (Å²) in [7, 11) is 0. The van der Waals surface area contributed by atoms with Gasteiger partial charge in [0, 0.05) is 43.8 Å². The summed E-state index contributed by atoms with van der Waals surface area (Å²) < 4.78 is 0. The van der Waals surface area contributed by atoms with Crippen molar-refractivity contribution in [3.05, 3.63) is 146 Å². The molecular formula is C56H38N4S4. The van der Waals surface area contributed by atoms with Crippen LogP contribution < -0.4 is 0 Å². The number of benzene rings is 8. The SMILES string of the molecule is CSc1c2nc(c(SC)c3[nH]c(c(SC)c4nc(c(SC)c5[nH]c1c1cc6ccccc6cc51)-c1cc5ccccc5cc1-4)c1cc4ccccc4cc31)-c1cc3ccccc3cc1-2. The summed E-state index contributed by atoms with van der Waals surface area (Å²) >= 11 is 7.04. The highest BCUT2D eigenvalue weighted by molar-refractivity contribution is 7.99. The van der Waals surface area contributed by atoms with Crippen LogP contribution in [0.25, 0.3) is 132 Å². The van der Waals surface area contributed by atoms with Gasteiger partial charge < -0.3 is 9.97 Å². The molecule has 0 unspecified atom stereocenters. The van der Waals surface area contributed by atoms with Crippen LogP contribution in [0.2, 0.25) is 0 Å². The van der Waals surface area contributed by atoms with Gasteiger partial charge in [-0.15, -0.1) is 47.0 Å². The second-order valence-electron chi connectivity index (χ2n) is 16.5. The van der Waals surface area contributed by atoms with Gasteiger partial charge in [0.15, 0.2) is 0 Å². The average molecular weight is 895 g/mol. The van der Waals surface area contributed by atoms with Gasteiger partial charge in [-0.05, 0) is 117 Å². The van der Waals surface area contributed by atoms with E-state index >= 15 is 0 Å². The van der Waals surface area contributed by atoms with Crippen LogP contribution in [0.5, 0.6) is 0 Å². The first kappa shape index (κ1) is 38.3. The van der Waals surface area contributed by atoms with Crippen LogP contribution in [-0.2, 0) is 0 Å². The van der Waals surface area contributed by atoms with E-state index in [4.69, 9.17) is 9.97 Å². The fourth-order valence-corrected chi connectivity index (χ4v) is 13.1. The maximum absolute atomic E-state index is 5.83. The molecule has 0 spiro atoms. The molecule has 13 rings (SSSR count). The molecule has 3 aromatic heterocycles. The third-order valence-electron chi connectivity index (χ3n) is 13.2. The molecule has 0 amide bonds. The molecule has 8 aromatic carbocycles. The summed E-state index contributed by atoms with van der Waals surface area (Å²) in [6, 6.07) is 53.7. The Morgan fingerprint density at radius 2 is 0.500 bits per heavy atom. The summed E-state index contributed by atoms with van der Waals surface area (Å²) in [6.45, 7) is 0. The van der Waals surface area contributed by atoms with Gasteiger partial charge in [0.05, 0.1) is 64.4 Å². The molecule has 2 aliphatic heterocycles. The Hall–Kier alpha value is -6.16. The molecule has 2 aliphatic rings. The second kappa shape index (κ2) is 14.7. The van der Waals surface area contributed by atoms with Crippen LogP contribution >= 0.6 is 47.0 Å². The van der Waals surface area contributed by atoms with Crippen LogP contribution in [0.15, 0.2) is 165 Å². The first-order valence-electron chi connectivity index (χ1n) is 21.3. The third-order valence-corrected chi connectivity index (χ3v) is 16.4. The van der Waals surface area contributed by atoms with Crippen molar-refractivity contribution in [3.63, 3.8) is 0 Å². The van der Waals surface area contributed by atoms with Crippen LogP contribution in [-0.4, -0.2) is 45.0 Å². The lowest BCUT2D eigenvalue weighted by atomic mass is 9.98. The Morgan fingerprint density at radius 1 is 0.297 bits per heavy atom. The van der Waals surface area contributed by atoms with E-state index in [1.807, 2.05) is 0 Å². The first-order valence-corrected chi connectivity index (χ1v) is 26.2. The topological polar surface area (TPSA) is 57.4 Å². The van der Waals surface area contributed by atoms with Crippen LogP contribution in [0.1, 0.15) is 0 Å². The molecule has 0 radical (unpaired) electrons. The van der Waals surface area contributed by atoms with Crippen molar-refractivity contribution >= 4 is 134 Å².